The van der Waals surface area contributed by atoms with E-state index in [1.54, 1.807) is 0 Å². The van der Waals surface area contributed by atoms with Crippen LogP contribution in [0.3, 0.4) is 0 Å². The van der Waals surface area contributed by atoms with Crippen LogP contribution in [0.15, 0.2) is 72.8 Å². The average Bonchev–Trinajstić information content (AvgIpc) is 2.78. The molecule has 3 nitrogen and oxygen atoms in total. The van der Waals surface area contributed by atoms with Crippen molar-refractivity contribution in [2.45, 2.75) is 59.3 Å². The molecule has 0 heterocycles. The molecule has 0 spiro atoms. The Balaban J connectivity index is 1.82. The predicted octanol–water partition coefficient (Wildman–Crippen LogP) is 8.31. The maximum Gasteiger partial charge on any atom is 0.490 e. The molecule has 32 heavy (non-hydrogen) atoms. The Kier molecular flexibility index (Phi) is 9.20. The maximum absolute atomic E-state index is 6.18. The zero-order valence-electron chi connectivity index (χ0n) is 19.3. The lowest BCUT2D eigenvalue weighted by Crippen LogP contribution is -2.07. The smallest absolute Gasteiger partial charge is 0.407 e. The van der Waals surface area contributed by atoms with E-state index in [1.807, 2.05) is 36.4 Å². The first-order valence-corrected chi connectivity index (χ1v) is 14.0. The number of hydrogen-bond acceptors (Lipinski definition) is 4. The van der Waals surface area contributed by atoms with Crippen LogP contribution in [0.5, 0.6) is 17.2 Å². The highest BCUT2D eigenvalue weighted by molar-refractivity contribution is 8.08. The van der Waals surface area contributed by atoms with Crippen molar-refractivity contribution >= 4 is 18.5 Å². The normalized spacial score (nSPS) is 11.2. The Bertz CT molecular complexity index is 867. The largest absolute Gasteiger partial charge is 0.490 e. The standard InChI is InChI=1S/C27H33O3PS/c1-4-7-22-10-16-25(17-11-22)28-31(32,29-26-18-12-23(8-5-2)13-19-26)30-27-20-14-24(9-6-3)15-21-27/h10-21H,4-9H2,1-3H3. The van der Waals surface area contributed by atoms with E-state index in [0.717, 1.165) is 38.5 Å². The highest BCUT2D eigenvalue weighted by atomic mass is 32.5. The van der Waals surface area contributed by atoms with Crippen LogP contribution >= 0.6 is 6.72 Å². The van der Waals surface area contributed by atoms with Crippen molar-refractivity contribution in [3.63, 3.8) is 0 Å². The van der Waals surface area contributed by atoms with E-state index in [0.29, 0.717) is 17.2 Å². The zero-order valence-corrected chi connectivity index (χ0v) is 21.0. The molecule has 0 saturated heterocycles. The predicted molar refractivity (Wildman–Crippen MR) is 137 cm³/mol. The first-order valence-electron chi connectivity index (χ1n) is 11.5. The Labute approximate surface area is 198 Å². The monoisotopic (exact) mass is 468 g/mol. The zero-order chi connectivity index (χ0) is 22.8. The third-order valence-corrected chi connectivity index (χ3v) is 7.01. The van der Waals surface area contributed by atoms with Crippen LogP contribution in [-0.2, 0) is 31.1 Å². The van der Waals surface area contributed by atoms with Gasteiger partial charge in [-0.05, 0) is 72.4 Å². The fourth-order valence-corrected chi connectivity index (χ4v) is 5.49. The van der Waals surface area contributed by atoms with E-state index in [2.05, 4.69) is 57.2 Å². The summed E-state index contributed by atoms with van der Waals surface area (Å²) < 4.78 is 18.5. The molecule has 3 rings (SSSR count). The van der Waals surface area contributed by atoms with Gasteiger partial charge in [0.25, 0.3) is 0 Å². The van der Waals surface area contributed by atoms with Gasteiger partial charge in [0.05, 0.1) is 0 Å². The summed E-state index contributed by atoms with van der Waals surface area (Å²) in [4.78, 5) is 0. The SMILES string of the molecule is CCCc1ccc(OP(=S)(Oc2ccc(CCC)cc2)Oc2ccc(CCC)cc2)cc1. The van der Waals surface area contributed by atoms with E-state index in [-0.39, 0.29) is 0 Å². The van der Waals surface area contributed by atoms with Crippen molar-refractivity contribution in [3.05, 3.63) is 89.5 Å². The summed E-state index contributed by atoms with van der Waals surface area (Å²) >= 11 is 5.84. The maximum atomic E-state index is 6.18. The van der Waals surface area contributed by atoms with Gasteiger partial charge in [0.1, 0.15) is 17.2 Å². The summed E-state index contributed by atoms with van der Waals surface area (Å²) in [5.74, 6) is 1.95. The van der Waals surface area contributed by atoms with Gasteiger partial charge in [-0.1, -0.05) is 76.4 Å². The van der Waals surface area contributed by atoms with Gasteiger partial charge in [0.2, 0.25) is 0 Å². The molecule has 3 aromatic carbocycles. The molecule has 0 amide bonds. The van der Waals surface area contributed by atoms with E-state index in [4.69, 9.17) is 25.4 Å². The molecular formula is C27H33O3PS. The average molecular weight is 469 g/mol. The second-order valence-electron chi connectivity index (χ2n) is 7.90. The summed E-state index contributed by atoms with van der Waals surface area (Å²) in [5, 5.41) is 0. The highest BCUT2D eigenvalue weighted by Gasteiger charge is 2.27. The molecule has 0 aliphatic carbocycles. The molecule has 3 aromatic rings. The molecule has 0 N–H and O–H groups in total. The minimum absolute atomic E-state index is 0.651. The van der Waals surface area contributed by atoms with Crippen LogP contribution in [-0.4, -0.2) is 0 Å². The molecule has 0 aromatic heterocycles. The molecule has 5 heteroatoms. The Morgan fingerprint density at radius 3 is 0.969 bits per heavy atom. The second kappa shape index (κ2) is 12.1. The van der Waals surface area contributed by atoms with Crippen molar-refractivity contribution < 1.29 is 13.6 Å². The van der Waals surface area contributed by atoms with Crippen molar-refractivity contribution in [2.24, 2.45) is 0 Å². The van der Waals surface area contributed by atoms with Gasteiger partial charge in [-0.2, -0.15) is 0 Å². The molecule has 170 valence electrons. The van der Waals surface area contributed by atoms with Gasteiger partial charge < -0.3 is 13.6 Å². The number of benzene rings is 3. The molecule has 0 saturated carbocycles. The highest BCUT2D eigenvalue weighted by Crippen LogP contribution is 2.50. The first-order chi connectivity index (χ1) is 15.5. The minimum atomic E-state index is -3.14. The van der Waals surface area contributed by atoms with Crippen molar-refractivity contribution in [3.8, 4) is 17.2 Å². The van der Waals surface area contributed by atoms with Gasteiger partial charge in [0, 0.05) is 11.8 Å². The number of rotatable bonds is 12. The topological polar surface area (TPSA) is 27.7 Å². The Morgan fingerprint density at radius 2 is 0.750 bits per heavy atom. The van der Waals surface area contributed by atoms with Gasteiger partial charge >= 0.3 is 6.72 Å². The summed E-state index contributed by atoms with van der Waals surface area (Å²) in [5.41, 5.74) is 3.81. The Hall–Kier alpha value is -2.29. The van der Waals surface area contributed by atoms with E-state index >= 15 is 0 Å². The van der Waals surface area contributed by atoms with Crippen LogP contribution in [0.1, 0.15) is 56.7 Å². The Morgan fingerprint density at radius 1 is 0.500 bits per heavy atom. The van der Waals surface area contributed by atoms with E-state index in [1.165, 1.54) is 16.7 Å². The first kappa shape index (κ1) is 24.4. The number of aryl methyl sites for hydroxylation is 3. The van der Waals surface area contributed by atoms with E-state index < -0.39 is 6.72 Å². The summed E-state index contributed by atoms with van der Waals surface area (Å²) in [6, 6.07) is 24.0. The van der Waals surface area contributed by atoms with Gasteiger partial charge in [-0.25, -0.2) is 0 Å². The van der Waals surface area contributed by atoms with Crippen LogP contribution in [0.25, 0.3) is 0 Å². The minimum Gasteiger partial charge on any atom is -0.407 e. The van der Waals surface area contributed by atoms with Crippen molar-refractivity contribution in [1.29, 1.82) is 0 Å². The lowest BCUT2D eigenvalue weighted by atomic mass is 10.1. The summed E-state index contributed by atoms with van der Waals surface area (Å²) in [6.07, 6.45) is 6.42. The van der Waals surface area contributed by atoms with Crippen LogP contribution in [0, 0.1) is 0 Å². The van der Waals surface area contributed by atoms with Gasteiger partial charge in [0.15, 0.2) is 0 Å². The van der Waals surface area contributed by atoms with Gasteiger partial charge in [-0.3, -0.25) is 0 Å². The van der Waals surface area contributed by atoms with Crippen LogP contribution in [0.4, 0.5) is 0 Å². The van der Waals surface area contributed by atoms with Crippen molar-refractivity contribution in [2.75, 3.05) is 0 Å². The summed E-state index contributed by atoms with van der Waals surface area (Å²) in [6.45, 7) is 3.37. The molecule has 0 unspecified atom stereocenters. The van der Waals surface area contributed by atoms with Crippen molar-refractivity contribution in [1.82, 2.24) is 0 Å². The number of hydrogen-bond donors (Lipinski definition) is 0. The molecule has 0 radical (unpaired) electrons. The van der Waals surface area contributed by atoms with E-state index in [9.17, 15) is 0 Å². The summed E-state index contributed by atoms with van der Waals surface area (Å²) in [7, 11) is 0. The molecule has 0 bridgehead atoms. The fraction of sp³-hybridized carbons (Fsp3) is 0.333. The third kappa shape index (κ3) is 7.39. The molecule has 0 aliphatic heterocycles. The van der Waals surface area contributed by atoms with Gasteiger partial charge in [-0.15, -0.1) is 0 Å². The second-order valence-corrected chi connectivity index (χ2v) is 10.7. The molecular weight excluding hydrogens is 435 g/mol. The lowest BCUT2D eigenvalue weighted by molar-refractivity contribution is 0.384. The quantitative estimate of drug-likeness (QED) is 0.250. The molecule has 0 fully saturated rings. The van der Waals surface area contributed by atoms with Crippen LogP contribution < -0.4 is 13.6 Å². The third-order valence-electron chi connectivity index (χ3n) is 5.04. The fourth-order valence-electron chi connectivity index (χ4n) is 3.46. The van der Waals surface area contributed by atoms with Crippen LogP contribution in [0.2, 0.25) is 0 Å². The lowest BCUT2D eigenvalue weighted by Gasteiger charge is -2.23. The molecule has 0 atom stereocenters. The molecule has 0 aliphatic rings.